The van der Waals surface area contributed by atoms with Crippen molar-refractivity contribution in [3.63, 3.8) is 0 Å². The van der Waals surface area contributed by atoms with Gasteiger partial charge in [0.1, 0.15) is 17.7 Å². The quantitative estimate of drug-likeness (QED) is 0.899. The van der Waals surface area contributed by atoms with Crippen molar-refractivity contribution in [3.8, 4) is 5.75 Å². The summed E-state index contributed by atoms with van der Waals surface area (Å²) in [5.74, 6) is 0.692. The highest BCUT2D eigenvalue weighted by atomic mass is 32.1. The van der Waals surface area contributed by atoms with Crippen molar-refractivity contribution >= 4 is 21.4 Å². The average Bonchev–Trinajstić information content (AvgIpc) is 2.92. The van der Waals surface area contributed by atoms with E-state index in [9.17, 15) is 4.39 Å². The number of ether oxygens (including phenoxy) is 1. The second-order valence-corrected chi connectivity index (χ2v) is 6.83. The molecule has 1 N–H and O–H groups in total. The fourth-order valence-electron chi connectivity index (χ4n) is 3.58. The van der Waals surface area contributed by atoms with Crippen LogP contribution in [0.5, 0.6) is 5.75 Å². The van der Waals surface area contributed by atoms with Crippen molar-refractivity contribution in [2.24, 2.45) is 0 Å². The SMILES string of the molecule is Fc1ccc(OC2CC3CCCC(C2)N3)c2sccc12. The van der Waals surface area contributed by atoms with Crippen LogP contribution in [0.2, 0.25) is 0 Å². The van der Waals surface area contributed by atoms with Gasteiger partial charge < -0.3 is 10.1 Å². The molecule has 2 nitrogen and oxygen atoms in total. The maximum absolute atomic E-state index is 13.7. The maximum Gasteiger partial charge on any atom is 0.137 e. The largest absolute Gasteiger partial charge is 0.489 e. The Balaban J connectivity index is 1.58. The molecule has 3 heterocycles. The Morgan fingerprint density at radius 3 is 2.75 bits per heavy atom. The molecule has 2 aliphatic heterocycles. The molecule has 1 aromatic heterocycles. The van der Waals surface area contributed by atoms with Gasteiger partial charge in [-0.15, -0.1) is 11.3 Å². The number of halogens is 1. The van der Waals surface area contributed by atoms with E-state index < -0.39 is 0 Å². The first-order valence-corrected chi connectivity index (χ1v) is 8.26. The summed E-state index contributed by atoms with van der Waals surface area (Å²) in [4.78, 5) is 0. The number of piperidine rings is 2. The van der Waals surface area contributed by atoms with Gasteiger partial charge in [-0.3, -0.25) is 0 Å². The predicted molar refractivity (Wildman–Crippen MR) is 80.0 cm³/mol. The van der Waals surface area contributed by atoms with Gasteiger partial charge in [0.2, 0.25) is 0 Å². The Bertz CT molecular complexity index is 614. The minimum atomic E-state index is -0.157. The normalized spacial score (nSPS) is 29.6. The molecule has 2 aromatic rings. The zero-order valence-electron chi connectivity index (χ0n) is 11.3. The highest BCUT2D eigenvalue weighted by Crippen LogP contribution is 2.35. The van der Waals surface area contributed by atoms with Crippen LogP contribution in [0.1, 0.15) is 32.1 Å². The van der Waals surface area contributed by atoms with Gasteiger partial charge in [0.25, 0.3) is 0 Å². The number of thiophene rings is 1. The van der Waals surface area contributed by atoms with E-state index in [0.717, 1.165) is 23.3 Å². The van der Waals surface area contributed by atoms with Crippen LogP contribution in [-0.2, 0) is 0 Å². The molecule has 106 valence electrons. The minimum Gasteiger partial charge on any atom is -0.489 e. The monoisotopic (exact) mass is 291 g/mol. The summed E-state index contributed by atoms with van der Waals surface area (Å²) < 4.78 is 20.9. The number of nitrogens with one attached hydrogen (secondary N) is 1. The van der Waals surface area contributed by atoms with Crippen molar-refractivity contribution in [2.75, 3.05) is 0 Å². The first-order valence-electron chi connectivity index (χ1n) is 7.38. The van der Waals surface area contributed by atoms with Crippen molar-refractivity contribution < 1.29 is 9.13 Å². The zero-order chi connectivity index (χ0) is 13.5. The van der Waals surface area contributed by atoms with E-state index >= 15 is 0 Å². The minimum absolute atomic E-state index is 0.157. The molecule has 2 bridgehead atoms. The van der Waals surface area contributed by atoms with Gasteiger partial charge in [0.05, 0.1) is 4.70 Å². The third-order valence-corrected chi connectivity index (χ3v) is 5.42. The summed E-state index contributed by atoms with van der Waals surface area (Å²) >= 11 is 1.56. The van der Waals surface area contributed by atoms with Crippen LogP contribution in [0.15, 0.2) is 23.6 Å². The second kappa shape index (κ2) is 5.01. The molecule has 0 aliphatic carbocycles. The van der Waals surface area contributed by atoms with Crippen LogP contribution >= 0.6 is 11.3 Å². The molecule has 0 amide bonds. The third kappa shape index (κ3) is 2.21. The molecular weight excluding hydrogens is 273 g/mol. The maximum atomic E-state index is 13.7. The average molecular weight is 291 g/mol. The van der Waals surface area contributed by atoms with Crippen LogP contribution in [0.25, 0.3) is 10.1 Å². The standard InChI is InChI=1S/C16H18FNOS/c17-14-4-5-15(16-13(14)6-7-20-16)19-12-8-10-2-1-3-11(9-12)18-10/h4-7,10-12,18H,1-3,8-9H2. The number of rotatable bonds is 2. The highest BCUT2D eigenvalue weighted by Gasteiger charge is 2.32. The summed E-state index contributed by atoms with van der Waals surface area (Å²) in [6, 6.07) is 6.34. The summed E-state index contributed by atoms with van der Waals surface area (Å²) in [5, 5.41) is 6.28. The molecule has 4 heteroatoms. The number of hydrogen-bond acceptors (Lipinski definition) is 3. The Labute approximate surface area is 121 Å². The molecule has 0 spiro atoms. The lowest BCUT2D eigenvalue weighted by molar-refractivity contribution is 0.0940. The summed E-state index contributed by atoms with van der Waals surface area (Å²) in [6.45, 7) is 0. The topological polar surface area (TPSA) is 21.3 Å². The molecule has 20 heavy (non-hydrogen) atoms. The van der Waals surface area contributed by atoms with Gasteiger partial charge in [-0.2, -0.15) is 0 Å². The van der Waals surface area contributed by atoms with E-state index in [2.05, 4.69) is 5.32 Å². The Hall–Kier alpha value is -1.13. The molecule has 0 radical (unpaired) electrons. The molecule has 0 saturated carbocycles. The molecule has 2 aliphatic rings. The van der Waals surface area contributed by atoms with Crippen molar-refractivity contribution in [2.45, 2.75) is 50.3 Å². The highest BCUT2D eigenvalue weighted by molar-refractivity contribution is 7.17. The predicted octanol–water partition coefficient (Wildman–Crippen LogP) is 4.09. The fraction of sp³-hybridized carbons (Fsp3) is 0.500. The van der Waals surface area contributed by atoms with Crippen LogP contribution in [0.3, 0.4) is 0 Å². The van der Waals surface area contributed by atoms with Gasteiger partial charge >= 0.3 is 0 Å². The van der Waals surface area contributed by atoms with Crippen LogP contribution in [-0.4, -0.2) is 18.2 Å². The van der Waals surface area contributed by atoms with Crippen molar-refractivity contribution in [3.05, 3.63) is 29.4 Å². The second-order valence-electron chi connectivity index (χ2n) is 5.91. The molecule has 2 saturated heterocycles. The summed E-state index contributed by atoms with van der Waals surface area (Å²) in [7, 11) is 0. The van der Waals surface area contributed by atoms with Crippen molar-refractivity contribution in [1.82, 2.24) is 5.32 Å². The first kappa shape index (κ1) is 12.6. The molecule has 4 rings (SSSR count). The number of benzene rings is 1. The van der Waals surface area contributed by atoms with Crippen LogP contribution in [0.4, 0.5) is 4.39 Å². The number of fused-ring (bicyclic) bond motifs is 3. The van der Waals surface area contributed by atoms with Gasteiger partial charge in [-0.25, -0.2) is 4.39 Å². The number of hydrogen-bond donors (Lipinski definition) is 1. The van der Waals surface area contributed by atoms with Gasteiger partial charge in [0, 0.05) is 17.5 Å². The van der Waals surface area contributed by atoms with Gasteiger partial charge in [-0.05, 0) is 49.3 Å². The molecule has 2 atom stereocenters. The zero-order valence-corrected chi connectivity index (χ0v) is 12.1. The Morgan fingerprint density at radius 1 is 1.15 bits per heavy atom. The lowest BCUT2D eigenvalue weighted by Gasteiger charge is -2.40. The van der Waals surface area contributed by atoms with E-state index in [0.29, 0.717) is 17.5 Å². The van der Waals surface area contributed by atoms with E-state index in [4.69, 9.17) is 4.74 Å². The van der Waals surface area contributed by atoms with Crippen molar-refractivity contribution in [1.29, 1.82) is 0 Å². The molecule has 2 fully saturated rings. The third-order valence-electron chi connectivity index (χ3n) is 4.49. The Kier molecular flexibility index (Phi) is 3.15. The molecule has 2 unspecified atom stereocenters. The lowest BCUT2D eigenvalue weighted by atomic mass is 9.85. The summed E-state index contributed by atoms with van der Waals surface area (Å²) in [5.41, 5.74) is 0. The fourth-order valence-corrected chi connectivity index (χ4v) is 4.45. The smallest absolute Gasteiger partial charge is 0.137 e. The van der Waals surface area contributed by atoms with Crippen LogP contribution in [0, 0.1) is 5.82 Å². The van der Waals surface area contributed by atoms with E-state index in [1.165, 1.54) is 25.3 Å². The molecule has 1 aromatic carbocycles. The van der Waals surface area contributed by atoms with E-state index in [1.807, 2.05) is 11.4 Å². The first-order chi connectivity index (χ1) is 9.79. The van der Waals surface area contributed by atoms with E-state index in [-0.39, 0.29) is 11.9 Å². The van der Waals surface area contributed by atoms with E-state index in [1.54, 1.807) is 17.4 Å². The molecular formula is C16H18FNOS. The van der Waals surface area contributed by atoms with Gasteiger partial charge in [-0.1, -0.05) is 6.42 Å². The Morgan fingerprint density at radius 2 is 1.95 bits per heavy atom. The van der Waals surface area contributed by atoms with Crippen LogP contribution < -0.4 is 10.1 Å². The summed E-state index contributed by atoms with van der Waals surface area (Å²) in [6.07, 6.45) is 6.26. The lowest BCUT2D eigenvalue weighted by Crippen LogP contribution is -2.51. The van der Waals surface area contributed by atoms with Gasteiger partial charge in [0.15, 0.2) is 0 Å².